The van der Waals surface area contributed by atoms with Crippen LogP contribution in [-0.2, 0) is 9.47 Å². The number of nitrogens with one attached hydrogen (secondary N) is 2. The number of hydrogen-bond donors (Lipinski definition) is 2. The summed E-state index contributed by atoms with van der Waals surface area (Å²) in [6.45, 7) is 10.00. The van der Waals surface area contributed by atoms with Gasteiger partial charge in [-0.2, -0.15) is 0 Å². The molecule has 0 bridgehead atoms. The molecule has 0 aromatic heterocycles. The van der Waals surface area contributed by atoms with E-state index in [0.29, 0.717) is 5.92 Å². The van der Waals surface area contributed by atoms with Crippen molar-refractivity contribution in [1.29, 1.82) is 0 Å². The normalized spacial score (nSPS) is 22.7. The highest BCUT2D eigenvalue weighted by atomic mass is 127. The second-order valence-electron chi connectivity index (χ2n) is 7.29. The van der Waals surface area contributed by atoms with E-state index in [9.17, 15) is 0 Å². The Morgan fingerprint density at radius 2 is 1.92 bits per heavy atom. The summed E-state index contributed by atoms with van der Waals surface area (Å²) in [7, 11) is 1.83. The van der Waals surface area contributed by atoms with Gasteiger partial charge in [0.25, 0.3) is 0 Å². The summed E-state index contributed by atoms with van der Waals surface area (Å²) in [5.74, 6) is 1.59. The van der Waals surface area contributed by atoms with E-state index in [-0.39, 0.29) is 24.0 Å². The van der Waals surface area contributed by atoms with Gasteiger partial charge < -0.3 is 20.1 Å². The number of likely N-dealkylation sites (tertiary alicyclic amines) is 1. The summed E-state index contributed by atoms with van der Waals surface area (Å²) < 4.78 is 11.2. The summed E-state index contributed by atoms with van der Waals surface area (Å²) in [6, 6.07) is 0.721. The van der Waals surface area contributed by atoms with Crippen LogP contribution in [-0.4, -0.2) is 76.6 Å². The van der Waals surface area contributed by atoms with Gasteiger partial charge in [-0.25, -0.2) is 0 Å². The molecule has 1 atom stereocenters. The van der Waals surface area contributed by atoms with Crippen LogP contribution in [0.1, 0.15) is 45.4 Å². The zero-order valence-electron chi connectivity index (χ0n) is 16.7. The van der Waals surface area contributed by atoms with Crippen molar-refractivity contribution in [2.75, 3.05) is 59.7 Å². The summed E-state index contributed by atoms with van der Waals surface area (Å²) >= 11 is 0. The summed E-state index contributed by atoms with van der Waals surface area (Å²) in [5, 5.41) is 6.80. The predicted octanol–water partition coefficient (Wildman–Crippen LogP) is 2.48. The SMILES string of the molecule is CN=C(NCCCOCC1CCOCC1)NCCN1CCCCC1C.I. The third kappa shape index (κ3) is 9.71. The van der Waals surface area contributed by atoms with E-state index in [2.05, 4.69) is 27.4 Å². The fourth-order valence-corrected chi connectivity index (χ4v) is 3.57. The molecular formula is C19H39IN4O2. The van der Waals surface area contributed by atoms with Crippen molar-refractivity contribution in [3.8, 4) is 0 Å². The van der Waals surface area contributed by atoms with Crippen molar-refractivity contribution in [2.24, 2.45) is 10.9 Å². The van der Waals surface area contributed by atoms with E-state index in [1.165, 1.54) is 25.8 Å². The average Bonchev–Trinajstić information content (AvgIpc) is 2.65. The number of piperidine rings is 1. The Bertz CT molecular complexity index is 379. The first-order valence-electron chi connectivity index (χ1n) is 10.1. The minimum Gasteiger partial charge on any atom is -0.381 e. The largest absolute Gasteiger partial charge is 0.381 e. The first-order valence-corrected chi connectivity index (χ1v) is 10.1. The Morgan fingerprint density at radius 3 is 2.65 bits per heavy atom. The first kappa shape index (κ1) is 23.9. The molecule has 2 N–H and O–H groups in total. The molecule has 6 nitrogen and oxygen atoms in total. The lowest BCUT2D eigenvalue weighted by atomic mass is 10.0. The third-order valence-electron chi connectivity index (χ3n) is 5.31. The maximum absolute atomic E-state index is 5.80. The highest BCUT2D eigenvalue weighted by molar-refractivity contribution is 14.0. The van der Waals surface area contributed by atoms with Crippen LogP contribution in [0.4, 0.5) is 0 Å². The topological polar surface area (TPSA) is 58.1 Å². The number of nitrogens with zero attached hydrogens (tertiary/aromatic N) is 2. The van der Waals surface area contributed by atoms with Crippen molar-refractivity contribution in [3.05, 3.63) is 0 Å². The molecule has 0 aromatic rings. The lowest BCUT2D eigenvalue weighted by molar-refractivity contribution is 0.0203. The second kappa shape index (κ2) is 14.9. The van der Waals surface area contributed by atoms with Gasteiger partial charge >= 0.3 is 0 Å². The number of hydrogen-bond acceptors (Lipinski definition) is 4. The average molecular weight is 482 g/mol. The van der Waals surface area contributed by atoms with Crippen LogP contribution >= 0.6 is 24.0 Å². The van der Waals surface area contributed by atoms with Gasteiger partial charge in [-0.1, -0.05) is 6.42 Å². The predicted molar refractivity (Wildman–Crippen MR) is 119 cm³/mol. The van der Waals surface area contributed by atoms with Gasteiger partial charge in [-0.3, -0.25) is 9.89 Å². The number of halogens is 1. The zero-order valence-corrected chi connectivity index (χ0v) is 19.0. The lowest BCUT2D eigenvalue weighted by Crippen LogP contribution is -2.45. The minimum absolute atomic E-state index is 0. The molecule has 2 saturated heterocycles. The second-order valence-corrected chi connectivity index (χ2v) is 7.29. The molecule has 2 rings (SSSR count). The van der Waals surface area contributed by atoms with Crippen LogP contribution in [0.3, 0.4) is 0 Å². The van der Waals surface area contributed by atoms with Gasteiger partial charge in [0.05, 0.1) is 0 Å². The smallest absolute Gasteiger partial charge is 0.191 e. The molecular weight excluding hydrogens is 443 g/mol. The van der Waals surface area contributed by atoms with Crippen molar-refractivity contribution >= 4 is 29.9 Å². The van der Waals surface area contributed by atoms with E-state index in [4.69, 9.17) is 9.47 Å². The van der Waals surface area contributed by atoms with Crippen LogP contribution in [0.5, 0.6) is 0 Å². The Hall–Kier alpha value is -0.120. The van der Waals surface area contributed by atoms with E-state index in [1.807, 2.05) is 7.05 Å². The molecule has 154 valence electrons. The molecule has 2 aliphatic rings. The number of aliphatic imine (C=N–C) groups is 1. The van der Waals surface area contributed by atoms with Gasteiger partial charge in [0.2, 0.25) is 0 Å². The number of guanidine groups is 1. The fourth-order valence-electron chi connectivity index (χ4n) is 3.57. The highest BCUT2D eigenvalue weighted by Crippen LogP contribution is 2.15. The van der Waals surface area contributed by atoms with E-state index >= 15 is 0 Å². The molecule has 2 fully saturated rings. The third-order valence-corrected chi connectivity index (χ3v) is 5.31. The first-order chi connectivity index (χ1) is 12.3. The zero-order chi connectivity index (χ0) is 17.7. The van der Waals surface area contributed by atoms with Crippen molar-refractivity contribution in [3.63, 3.8) is 0 Å². The Balaban J connectivity index is 0.00000338. The number of rotatable bonds is 9. The molecule has 0 aromatic carbocycles. The van der Waals surface area contributed by atoms with Gasteiger partial charge in [0, 0.05) is 59.2 Å². The van der Waals surface area contributed by atoms with Crippen LogP contribution in [0.2, 0.25) is 0 Å². The minimum atomic E-state index is 0. The molecule has 0 amide bonds. The number of ether oxygens (including phenoxy) is 2. The molecule has 0 saturated carbocycles. The molecule has 2 heterocycles. The summed E-state index contributed by atoms with van der Waals surface area (Å²) in [4.78, 5) is 6.88. The van der Waals surface area contributed by atoms with Crippen molar-refractivity contribution in [2.45, 2.75) is 51.5 Å². The van der Waals surface area contributed by atoms with Gasteiger partial charge in [-0.05, 0) is 51.5 Å². The van der Waals surface area contributed by atoms with Crippen LogP contribution in [0, 0.1) is 5.92 Å². The Morgan fingerprint density at radius 1 is 1.15 bits per heavy atom. The van der Waals surface area contributed by atoms with E-state index < -0.39 is 0 Å². The monoisotopic (exact) mass is 482 g/mol. The van der Waals surface area contributed by atoms with Crippen LogP contribution in [0.15, 0.2) is 4.99 Å². The molecule has 7 heteroatoms. The van der Waals surface area contributed by atoms with E-state index in [0.717, 1.165) is 77.3 Å². The molecule has 0 spiro atoms. The maximum Gasteiger partial charge on any atom is 0.191 e. The van der Waals surface area contributed by atoms with Crippen LogP contribution in [0.25, 0.3) is 0 Å². The molecule has 1 unspecified atom stereocenters. The van der Waals surface area contributed by atoms with Crippen molar-refractivity contribution in [1.82, 2.24) is 15.5 Å². The molecule has 26 heavy (non-hydrogen) atoms. The van der Waals surface area contributed by atoms with E-state index in [1.54, 1.807) is 0 Å². The lowest BCUT2D eigenvalue weighted by Gasteiger charge is -2.33. The van der Waals surface area contributed by atoms with Gasteiger partial charge in [-0.15, -0.1) is 24.0 Å². The molecule has 0 radical (unpaired) electrons. The maximum atomic E-state index is 5.80. The van der Waals surface area contributed by atoms with Gasteiger partial charge in [0.15, 0.2) is 5.96 Å². The Kier molecular flexibility index (Phi) is 13.7. The van der Waals surface area contributed by atoms with Gasteiger partial charge in [0.1, 0.15) is 0 Å². The van der Waals surface area contributed by atoms with Crippen molar-refractivity contribution < 1.29 is 9.47 Å². The highest BCUT2D eigenvalue weighted by Gasteiger charge is 2.17. The summed E-state index contributed by atoms with van der Waals surface area (Å²) in [6.07, 6.45) is 7.35. The summed E-state index contributed by atoms with van der Waals surface area (Å²) in [5.41, 5.74) is 0. The quantitative estimate of drug-likeness (QED) is 0.229. The molecule has 0 aliphatic carbocycles. The molecule has 2 aliphatic heterocycles. The Labute approximate surface area is 176 Å². The van der Waals surface area contributed by atoms with Crippen LogP contribution < -0.4 is 10.6 Å². The fraction of sp³-hybridized carbons (Fsp3) is 0.947. The standard InChI is InChI=1S/C19H38N4O2.HI/c1-17-6-3-4-11-23(17)12-10-22-19(20-2)21-9-5-13-25-16-18-7-14-24-15-8-18;/h17-18H,3-16H2,1-2H3,(H2,20,21,22);1H.